The van der Waals surface area contributed by atoms with E-state index < -0.39 is 0 Å². The van der Waals surface area contributed by atoms with E-state index in [9.17, 15) is 0 Å². The minimum Gasteiger partial charge on any atom is -0.491 e. The average Bonchev–Trinajstić information content (AvgIpc) is 2.73. The van der Waals surface area contributed by atoms with Crippen molar-refractivity contribution in [2.75, 3.05) is 17.7 Å². The molecule has 2 aromatic rings. The zero-order valence-corrected chi connectivity index (χ0v) is 13.2. The summed E-state index contributed by atoms with van der Waals surface area (Å²) in [6.45, 7) is 6.79. The lowest BCUT2D eigenvalue weighted by atomic mass is 10.2. The van der Waals surface area contributed by atoms with E-state index in [2.05, 4.69) is 15.3 Å². The monoisotopic (exact) mass is 291 g/mol. The zero-order valence-electron chi connectivity index (χ0n) is 12.4. The van der Waals surface area contributed by atoms with Gasteiger partial charge in [-0.25, -0.2) is 4.98 Å². The van der Waals surface area contributed by atoms with Crippen molar-refractivity contribution in [3.05, 3.63) is 34.3 Å². The first-order chi connectivity index (χ1) is 9.44. The number of nitrogens with zero attached hydrogens (tertiary/aromatic N) is 2. The molecule has 0 aliphatic heterocycles. The lowest BCUT2D eigenvalue weighted by molar-refractivity contribution is 0.242. The minimum absolute atomic E-state index is 0.135. The van der Waals surface area contributed by atoms with Crippen LogP contribution in [0.15, 0.2) is 23.6 Å². The van der Waals surface area contributed by atoms with E-state index in [0.29, 0.717) is 5.69 Å². The molecule has 1 aromatic heterocycles. The number of aromatic nitrogens is 1. The highest BCUT2D eigenvalue weighted by Gasteiger charge is 2.08. The van der Waals surface area contributed by atoms with Gasteiger partial charge >= 0.3 is 0 Å². The number of anilines is 2. The van der Waals surface area contributed by atoms with Crippen molar-refractivity contribution < 1.29 is 4.74 Å². The molecule has 0 aliphatic carbocycles. The first kappa shape index (κ1) is 14.7. The van der Waals surface area contributed by atoms with Gasteiger partial charge in [0.2, 0.25) is 0 Å². The Labute approximate surface area is 124 Å². The maximum Gasteiger partial charge on any atom is 0.123 e. The van der Waals surface area contributed by atoms with E-state index in [1.165, 1.54) is 0 Å². The van der Waals surface area contributed by atoms with Crippen LogP contribution in [0.3, 0.4) is 0 Å². The number of hydrogen-bond acceptors (Lipinski definition) is 5. The van der Waals surface area contributed by atoms with Crippen LogP contribution in [-0.2, 0) is 6.54 Å². The Balaban J connectivity index is 2.16. The van der Waals surface area contributed by atoms with Crippen LogP contribution in [0.25, 0.3) is 0 Å². The summed E-state index contributed by atoms with van der Waals surface area (Å²) in [6, 6.07) is 5.81. The molecule has 2 N–H and O–H groups in total. The summed E-state index contributed by atoms with van der Waals surface area (Å²) in [5.41, 5.74) is 8.76. The molecule has 2 rings (SSSR count). The summed E-state index contributed by atoms with van der Waals surface area (Å²) in [5, 5.41) is 3.17. The van der Waals surface area contributed by atoms with E-state index in [-0.39, 0.29) is 6.10 Å². The molecule has 0 atom stereocenters. The molecule has 0 spiro atoms. The van der Waals surface area contributed by atoms with E-state index >= 15 is 0 Å². The highest BCUT2D eigenvalue weighted by Crippen LogP contribution is 2.26. The molecule has 0 fully saturated rings. The van der Waals surface area contributed by atoms with E-state index in [1.54, 1.807) is 11.3 Å². The second kappa shape index (κ2) is 6.13. The normalized spacial score (nSPS) is 10.8. The van der Waals surface area contributed by atoms with Gasteiger partial charge in [0.05, 0.1) is 23.4 Å². The lowest BCUT2D eigenvalue weighted by Crippen LogP contribution is -2.17. The Hall–Kier alpha value is -1.75. The smallest absolute Gasteiger partial charge is 0.123 e. The summed E-state index contributed by atoms with van der Waals surface area (Å²) >= 11 is 1.67. The Morgan fingerprint density at radius 1 is 1.35 bits per heavy atom. The Kier molecular flexibility index (Phi) is 4.49. The molecule has 4 nitrogen and oxygen atoms in total. The Morgan fingerprint density at radius 3 is 2.70 bits per heavy atom. The SMILES string of the molecule is Cc1nc(CN(C)c2cc(N)cc(OC(C)C)c2)cs1. The van der Waals surface area contributed by atoms with Crippen LogP contribution in [0.1, 0.15) is 24.5 Å². The third-order valence-electron chi connectivity index (χ3n) is 2.79. The average molecular weight is 291 g/mol. The van der Waals surface area contributed by atoms with Crippen LogP contribution >= 0.6 is 11.3 Å². The van der Waals surface area contributed by atoms with Gasteiger partial charge in [0.1, 0.15) is 5.75 Å². The van der Waals surface area contributed by atoms with Crippen molar-refractivity contribution in [1.29, 1.82) is 0 Å². The van der Waals surface area contributed by atoms with Crippen molar-refractivity contribution in [3.63, 3.8) is 0 Å². The lowest BCUT2D eigenvalue weighted by Gasteiger charge is -2.20. The highest BCUT2D eigenvalue weighted by molar-refractivity contribution is 7.09. The molecule has 0 radical (unpaired) electrons. The molecular formula is C15H21N3OS. The molecule has 0 saturated carbocycles. The van der Waals surface area contributed by atoms with Gasteiger partial charge in [-0.05, 0) is 26.8 Å². The summed E-state index contributed by atoms with van der Waals surface area (Å²) in [7, 11) is 2.03. The standard InChI is InChI=1S/C15H21N3OS/c1-10(2)19-15-6-12(16)5-14(7-15)18(4)8-13-9-20-11(3)17-13/h5-7,9-10H,8,16H2,1-4H3. The fraction of sp³-hybridized carbons (Fsp3) is 0.400. The predicted molar refractivity (Wildman–Crippen MR) is 85.6 cm³/mol. The van der Waals surface area contributed by atoms with Crippen molar-refractivity contribution in [1.82, 2.24) is 4.98 Å². The molecule has 0 bridgehead atoms. The molecule has 0 amide bonds. The van der Waals surface area contributed by atoms with Gasteiger partial charge in [-0.1, -0.05) is 0 Å². The van der Waals surface area contributed by atoms with Crippen molar-refractivity contribution >= 4 is 22.7 Å². The first-order valence-electron chi connectivity index (χ1n) is 6.63. The van der Waals surface area contributed by atoms with E-state index in [0.717, 1.165) is 28.7 Å². The number of benzene rings is 1. The highest BCUT2D eigenvalue weighted by atomic mass is 32.1. The van der Waals surface area contributed by atoms with Gasteiger partial charge in [-0.15, -0.1) is 11.3 Å². The summed E-state index contributed by atoms with van der Waals surface area (Å²) in [6.07, 6.45) is 0.135. The minimum atomic E-state index is 0.135. The van der Waals surface area contributed by atoms with Gasteiger partial charge in [0.25, 0.3) is 0 Å². The maximum atomic E-state index is 5.95. The number of nitrogen functional groups attached to an aromatic ring is 1. The van der Waals surface area contributed by atoms with Gasteiger partial charge in [-0.3, -0.25) is 0 Å². The summed E-state index contributed by atoms with van der Waals surface area (Å²) in [4.78, 5) is 6.61. The molecule has 1 heterocycles. The fourth-order valence-electron chi connectivity index (χ4n) is 1.98. The summed E-state index contributed by atoms with van der Waals surface area (Å²) in [5.74, 6) is 0.802. The molecule has 0 aliphatic rings. The Morgan fingerprint density at radius 2 is 2.10 bits per heavy atom. The molecule has 1 aromatic carbocycles. The van der Waals surface area contributed by atoms with Gasteiger partial charge in [-0.2, -0.15) is 0 Å². The van der Waals surface area contributed by atoms with Crippen LogP contribution in [0.5, 0.6) is 5.75 Å². The number of hydrogen-bond donors (Lipinski definition) is 1. The topological polar surface area (TPSA) is 51.4 Å². The number of nitrogens with two attached hydrogens (primary N) is 1. The van der Waals surface area contributed by atoms with Crippen molar-refractivity contribution in [3.8, 4) is 5.75 Å². The largest absolute Gasteiger partial charge is 0.491 e. The number of rotatable bonds is 5. The van der Waals surface area contributed by atoms with E-state index in [1.807, 2.05) is 46.0 Å². The van der Waals surface area contributed by atoms with Crippen LogP contribution in [0.4, 0.5) is 11.4 Å². The quantitative estimate of drug-likeness (QED) is 0.857. The van der Waals surface area contributed by atoms with Crippen molar-refractivity contribution in [2.24, 2.45) is 0 Å². The van der Waals surface area contributed by atoms with Crippen molar-refractivity contribution in [2.45, 2.75) is 33.4 Å². The number of ether oxygens (including phenoxy) is 1. The van der Waals surface area contributed by atoms with Gasteiger partial charge in [0, 0.05) is 35.9 Å². The second-order valence-electron chi connectivity index (χ2n) is 5.14. The van der Waals surface area contributed by atoms with Gasteiger partial charge < -0.3 is 15.4 Å². The number of aryl methyl sites for hydroxylation is 1. The predicted octanol–water partition coefficient (Wildman–Crippen LogP) is 3.46. The van der Waals surface area contributed by atoms with E-state index in [4.69, 9.17) is 10.5 Å². The molecule has 20 heavy (non-hydrogen) atoms. The van der Waals surface area contributed by atoms with Crippen LogP contribution in [0, 0.1) is 6.92 Å². The molecule has 5 heteroatoms. The molecule has 108 valence electrons. The van der Waals surface area contributed by atoms with Crippen LogP contribution < -0.4 is 15.4 Å². The Bertz CT molecular complexity index is 580. The molecule has 0 unspecified atom stereocenters. The third kappa shape index (κ3) is 3.87. The van der Waals surface area contributed by atoms with Gasteiger partial charge in [0.15, 0.2) is 0 Å². The number of thiazole rings is 1. The fourth-order valence-corrected chi connectivity index (χ4v) is 2.59. The zero-order chi connectivity index (χ0) is 14.7. The molecular weight excluding hydrogens is 270 g/mol. The van der Waals surface area contributed by atoms with Crippen LogP contribution in [-0.4, -0.2) is 18.1 Å². The third-order valence-corrected chi connectivity index (χ3v) is 3.61. The molecule has 0 saturated heterocycles. The van der Waals surface area contributed by atoms with Crippen LogP contribution in [0.2, 0.25) is 0 Å². The maximum absolute atomic E-state index is 5.95. The second-order valence-corrected chi connectivity index (χ2v) is 6.20. The first-order valence-corrected chi connectivity index (χ1v) is 7.51. The summed E-state index contributed by atoms with van der Waals surface area (Å²) < 4.78 is 5.72.